The van der Waals surface area contributed by atoms with Crippen LogP contribution >= 0.6 is 23.4 Å². The summed E-state index contributed by atoms with van der Waals surface area (Å²) in [5, 5.41) is 9.17. The number of ketones is 1. The lowest BCUT2D eigenvalue weighted by Crippen LogP contribution is -2.12. The fourth-order valence-corrected chi connectivity index (χ4v) is 3.68. The van der Waals surface area contributed by atoms with Crippen molar-refractivity contribution in [2.75, 3.05) is 19.5 Å². The molecule has 3 rings (SSSR count). The third-order valence-corrected chi connectivity index (χ3v) is 5.04. The Labute approximate surface area is 155 Å². The number of thioether (sulfide) groups is 1. The predicted octanol–water partition coefficient (Wildman–Crippen LogP) is 4.62. The van der Waals surface area contributed by atoms with Crippen LogP contribution in [0.5, 0.6) is 11.5 Å². The molecule has 2 aromatic rings. The molecule has 126 valence electrons. The van der Waals surface area contributed by atoms with Crippen LogP contribution in [0.25, 0.3) is 6.08 Å². The largest absolute Gasteiger partial charge is 0.493 e. The topological polar surface area (TPSA) is 59.3 Å². The molecule has 0 atom stereocenters. The first-order valence-corrected chi connectivity index (χ1v) is 8.84. The number of halogens is 1. The van der Waals surface area contributed by atoms with Crippen LogP contribution < -0.4 is 9.47 Å². The van der Waals surface area contributed by atoms with Crippen LogP contribution in [-0.4, -0.2) is 25.3 Å². The van der Waals surface area contributed by atoms with Gasteiger partial charge >= 0.3 is 0 Å². The van der Waals surface area contributed by atoms with Gasteiger partial charge in [0.1, 0.15) is 6.07 Å². The number of nitriles is 1. The minimum atomic E-state index is -0.0521. The number of hydrogen-bond acceptors (Lipinski definition) is 5. The van der Waals surface area contributed by atoms with Crippen molar-refractivity contribution in [3.8, 4) is 17.6 Å². The van der Waals surface area contributed by atoms with Gasteiger partial charge in [-0.05, 0) is 42.0 Å². The van der Waals surface area contributed by atoms with E-state index in [2.05, 4.69) is 0 Å². The molecule has 4 nitrogen and oxygen atoms in total. The first kappa shape index (κ1) is 17.4. The molecule has 0 fully saturated rings. The fourth-order valence-electron chi connectivity index (χ4n) is 2.51. The minimum Gasteiger partial charge on any atom is -0.493 e. The molecule has 0 unspecified atom stereocenters. The quantitative estimate of drug-likeness (QED) is 0.734. The van der Waals surface area contributed by atoms with Gasteiger partial charge in [0, 0.05) is 26.8 Å². The third-order valence-electron chi connectivity index (χ3n) is 3.68. The maximum atomic E-state index is 12.7. The van der Waals surface area contributed by atoms with E-state index in [0.717, 1.165) is 10.5 Å². The highest BCUT2D eigenvalue weighted by Crippen LogP contribution is 2.36. The Morgan fingerprint density at radius 3 is 2.88 bits per heavy atom. The van der Waals surface area contributed by atoms with E-state index < -0.39 is 0 Å². The van der Waals surface area contributed by atoms with Crippen LogP contribution in [0.15, 0.2) is 46.9 Å². The highest BCUT2D eigenvalue weighted by molar-refractivity contribution is 7.99. The number of carbonyl (C=O) groups excluding carboxylic acids is 1. The normalized spacial score (nSPS) is 14.8. The summed E-state index contributed by atoms with van der Waals surface area (Å²) in [4.78, 5) is 13.7. The number of fused-ring (bicyclic) bond motifs is 1. The number of methoxy groups -OCH3 is 1. The molecule has 1 aliphatic rings. The predicted molar refractivity (Wildman–Crippen MR) is 98.6 cm³/mol. The molecule has 0 aliphatic carbocycles. The van der Waals surface area contributed by atoms with Crippen molar-refractivity contribution in [1.82, 2.24) is 0 Å². The summed E-state index contributed by atoms with van der Waals surface area (Å²) in [6.45, 7) is -0.0521. The van der Waals surface area contributed by atoms with Gasteiger partial charge in [0.05, 0.1) is 7.11 Å². The second-order valence-corrected chi connectivity index (χ2v) is 6.74. The van der Waals surface area contributed by atoms with Gasteiger partial charge in [-0.2, -0.15) is 5.26 Å². The molecule has 0 saturated heterocycles. The summed E-state index contributed by atoms with van der Waals surface area (Å²) in [6.07, 6.45) is 1.84. The summed E-state index contributed by atoms with van der Waals surface area (Å²) < 4.78 is 10.6. The summed E-state index contributed by atoms with van der Waals surface area (Å²) in [5.41, 5.74) is 2.17. The van der Waals surface area contributed by atoms with E-state index in [1.165, 1.54) is 7.11 Å². The van der Waals surface area contributed by atoms with Gasteiger partial charge in [0.15, 0.2) is 23.9 Å². The molecule has 0 N–H and O–H groups in total. The molecule has 0 bridgehead atoms. The molecule has 2 aromatic carbocycles. The smallest absolute Gasteiger partial charge is 0.191 e. The summed E-state index contributed by atoms with van der Waals surface area (Å²) >= 11 is 7.63. The van der Waals surface area contributed by atoms with Gasteiger partial charge in [-0.1, -0.05) is 17.7 Å². The molecular formula is C19H14ClNO3S. The van der Waals surface area contributed by atoms with Crippen molar-refractivity contribution in [2.45, 2.75) is 4.90 Å². The fraction of sp³-hybridized carbons (Fsp3) is 0.158. The SMILES string of the molecule is COc1cc(/C=C2\CSc3ccc(Cl)cc3C2=O)ccc1OCC#N. The number of hydrogen-bond donors (Lipinski definition) is 0. The molecule has 6 heteroatoms. The number of benzene rings is 2. The molecule has 1 aliphatic heterocycles. The van der Waals surface area contributed by atoms with E-state index in [1.54, 1.807) is 36.0 Å². The first-order chi connectivity index (χ1) is 12.1. The van der Waals surface area contributed by atoms with Crippen LogP contribution in [0.4, 0.5) is 0 Å². The highest BCUT2D eigenvalue weighted by Gasteiger charge is 2.22. The molecule has 0 aromatic heterocycles. The van der Waals surface area contributed by atoms with Crippen LogP contribution in [0, 0.1) is 11.3 Å². The van der Waals surface area contributed by atoms with Crippen LogP contribution in [0.3, 0.4) is 0 Å². The van der Waals surface area contributed by atoms with E-state index in [0.29, 0.717) is 33.4 Å². The maximum Gasteiger partial charge on any atom is 0.191 e. The van der Waals surface area contributed by atoms with E-state index in [-0.39, 0.29) is 12.4 Å². The highest BCUT2D eigenvalue weighted by atomic mass is 35.5. The number of carbonyl (C=O) groups is 1. The maximum absolute atomic E-state index is 12.7. The molecule has 0 saturated carbocycles. The summed E-state index contributed by atoms with van der Waals surface area (Å²) in [5.74, 6) is 1.60. The van der Waals surface area contributed by atoms with E-state index >= 15 is 0 Å². The Morgan fingerprint density at radius 1 is 1.28 bits per heavy atom. The molecule has 25 heavy (non-hydrogen) atoms. The molecule has 1 heterocycles. The zero-order valence-corrected chi connectivity index (χ0v) is 15.0. The minimum absolute atomic E-state index is 0.0139. The van der Waals surface area contributed by atoms with Gasteiger partial charge in [0.25, 0.3) is 0 Å². The molecular weight excluding hydrogens is 358 g/mol. The van der Waals surface area contributed by atoms with Crippen molar-refractivity contribution in [2.24, 2.45) is 0 Å². The van der Waals surface area contributed by atoms with Crippen LogP contribution in [-0.2, 0) is 0 Å². The Morgan fingerprint density at radius 2 is 2.12 bits per heavy atom. The Balaban J connectivity index is 1.91. The number of rotatable bonds is 4. The Hall–Kier alpha value is -2.42. The number of nitrogens with zero attached hydrogens (tertiary/aromatic N) is 1. The van der Waals surface area contributed by atoms with Crippen molar-refractivity contribution < 1.29 is 14.3 Å². The van der Waals surface area contributed by atoms with Gasteiger partial charge in [-0.25, -0.2) is 0 Å². The van der Waals surface area contributed by atoms with Crippen molar-refractivity contribution in [3.63, 3.8) is 0 Å². The molecule has 0 spiro atoms. The van der Waals surface area contributed by atoms with Crippen molar-refractivity contribution in [1.29, 1.82) is 5.26 Å². The second kappa shape index (κ2) is 7.64. The Bertz CT molecular complexity index is 902. The number of Topliss-reactive ketones (excluding diaryl/α,β-unsaturated/α-hetero) is 1. The lowest BCUT2D eigenvalue weighted by molar-refractivity contribution is 0.103. The van der Waals surface area contributed by atoms with Gasteiger partial charge in [0.2, 0.25) is 0 Å². The van der Waals surface area contributed by atoms with E-state index in [9.17, 15) is 4.79 Å². The Kier molecular flexibility index (Phi) is 5.32. The molecule has 0 radical (unpaired) electrons. The monoisotopic (exact) mass is 371 g/mol. The summed E-state index contributed by atoms with van der Waals surface area (Å²) in [6, 6.07) is 12.6. The zero-order chi connectivity index (χ0) is 17.8. The molecule has 0 amide bonds. The average molecular weight is 372 g/mol. The zero-order valence-electron chi connectivity index (χ0n) is 13.4. The lowest BCUT2D eigenvalue weighted by atomic mass is 10.0. The van der Waals surface area contributed by atoms with E-state index in [4.69, 9.17) is 26.3 Å². The third kappa shape index (κ3) is 3.81. The van der Waals surface area contributed by atoms with Crippen molar-refractivity contribution >= 4 is 35.2 Å². The van der Waals surface area contributed by atoms with E-state index in [1.807, 2.05) is 24.3 Å². The standard InChI is InChI=1S/C19H14ClNO3S/c1-23-17-9-12(2-4-16(17)24-7-6-21)8-13-11-25-18-5-3-14(20)10-15(18)19(13)22/h2-5,8-10H,7,11H2,1H3/b13-8+. The average Bonchev–Trinajstić information content (AvgIpc) is 2.63. The number of ether oxygens (including phenoxy) is 2. The summed E-state index contributed by atoms with van der Waals surface area (Å²) in [7, 11) is 1.53. The van der Waals surface area contributed by atoms with Gasteiger partial charge in [-0.3, -0.25) is 4.79 Å². The second-order valence-electron chi connectivity index (χ2n) is 5.28. The first-order valence-electron chi connectivity index (χ1n) is 7.48. The van der Waals surface area contributed by atoms with Gasteiger partial charge < -0.3 is 9.47 Å². The van der Waals surface area contributed by atoms with Crippen LogP contribution in [0.1, 0.15) is 15.9 Å². The lowest BCUT2D eigenvalue weighted by Gasteiger charge is -2.17. The van der Waals surface area contributed by atoms with Crippen LogP contribution in [0.2, 0.25) is 5.02 Å². The van der Waals surface area contributed by atoms with Crippen molar-refractivity contribution in [3.05, 3.63) is 58.1 Å². The van der Waals surface area contributed by atoms with Gasteiger partial charge in [-0.15, -0.1) is 11.8 Å².